The Bertz CT molecular complexity index is 1050. The van der Waals surface area contributed by atoms with Crippen molar-refractivity contribution in [2.75, 3.05) is 19.4 Å². The Morgan fingerprint density at radius 2 is 2.13 bits per heavy atom. The third-order valence-corrected chi connectivity index (χ3v) is 6.54. The number of aromatic nitrogens is 3. The van der Waals surface area contributed by atoms with Crippen LogP contribution >= 0.6 is 11.8 Å². The highest BCUT2D eigenvalue weighted by Gasteiger charge is 2.23. The molecule has 0 spiro atoms. The third kappa shape index (κ3) is 4.59. The first-order chi connectivity index (χ1) is 15.1. The van der Waals surface area contributed by atoms with Crippen LogP contribution in [0.3, 0.4) is 0 Å². The summed E-state index contributed by atoms with van der Waals surface area (Å²) < 4.78 is 13.7. The summed E-state index contributed by atoms with van der Waals surface area (Å²) in [6.07, 6.45) is 8.59. The number of rotatable bonds is 9. The second-order valence-electron chi connectivity index (χ2n) is 7.92. The molecule has 31 heavy (non-hydrogen) atoms. The van der Waals surface area contributed by atoms with Crippen LogP contribution in [0.25, 0.3) is 11.0 Å². The molecule has 0 radical (unpaired) electrons. The van der Waals surface area contributed by atoms with Crippen molar-refractivity contribution in [3.05, 3.63) is 35.3 Å². The molecule has 166 valence electrons. The van der Waals surface area contributed by atoms with Crippen molar-refractivity contribution in [1.82, 2.24) is 20.1 Å². The summed E-state index contributed by atoms with van der Waals surface area (Å²) in [5.74, 6) is 1.98. The van der Waals surface area contributed by atoms with Gasteiger partial charge in [-0.25, -0.2) is 0 Å². The van der Waals surface area contributed by atoms with Gasteiger partial charge in [-0.3, -0.25) is 4.79 Å². The first kappa shape index (κ1) is 21.7. The van der Waals surface area contributed by atoms with Crippen molar-refractivity contribution in [3.8, 4) is 5.75 Å². The molecular weight excluding hydrogens is 412 g/mol. The predicted molar refractivity (Wildman–Crippen MR) is 122 cm³/mol. The number of nitrogens with one attached hydrogen (secondary N) is 1. The Hall–Kier alpha value is -2.48. The lowest BCUT2D eigenvalue weighted by molar-refractivity contribution is 0.0926. The fourth-order valence-corrected chi connectivity index (χ4v) is 4.92. The van der Waals surface area contributed by atoms with Crippen molar-refractivity contribution in [2.45, 2.75) is 63.6 Å². The van der Waals surface area contributed by atoms with Crippen LogP contribution in [0, 0.1) is 6.92 Å². The van der Waals surface area contributed by atoms with E-state index < -0.39 is 0 Å². The molecule has 1 aromatic carbocycles. The van der Waals surface area contributed by atoms with E-state index in [9.17, 15) is 4.79 Å². The SMILES string of the molecule is CCOc1ccc2oc(C(=O)NCCCc3nnc(SC)n3C3CCCC3)c(C)c2c1. The summed E-state index contributed by atoms with van der Waals surface area (Å²) >= 11 is 1.65. The molecule has 1 amide bonds. The van der Waals surface area contributed by atoms with Gasteiger partial charge in [0.2, 0.25) is 0 Å². The smallest absolute Gasteiger partial charge is 0.287 e. The number of amides is 1. The van der Waals surface area contributed by atoms with Crippen molar-refractivity contribution in [2.24, 2.45) is 0 Å². The number of ether oxygens (including phenoxy) is 1. The lowest BCUT2D eigenvalue weighted by Gasteiger charge is -2.16. The van der Waals surface area contributed by atoms with Gasteiger partial charge in [0.15, 0.2) is 10.9 Å². The maximum atomic E-state index is 12.7. The molecule has 0 atom stereocenters. The van der Waals surface area contributed by atoms with Gasteiger partial charge in [0.05, 0.1) is 6.61 Å². The van der Waals surface area contributed by atoms with Gasteiger partial charge in [-0.2, -0.15) is 0 Å². The standard InChI is InChI=1S/C23H30N4O3S/c1-4-29-17-11-12-19-18(14-17)15(2)21(30-19)22(28)24-13-7-10-20-25-26-23(31-3)27(20)16-8-5-6-9-16/h11-12,14,16H,4-10,13H2,1-3H3,(H,24,28). The molecule has 1 fully saturated rings. The summed E-state index contributed by atoms with van der Waals surface area (Å²) in [6, 6.07) is 6.15. The molecule has 4 rings (SSSR count). The van der Waals surface area contributed by atoms with E-state index in [4.69, 9.17) is 9.15 Å². The monoisotopic (exact) mass is 442 g/mol. The average Bonchev–Trinajstić information content (AvgIpc) is 3.50. The highest BCUT2D eigenvalue weighted by molar-refractivity contribution is 7.98. The normalized spacial score (nSPS) is 14.4. The lowest BCUT2D eigenvalue weighted by Crippen LogP contribution is -2.25. The van der Waals surface area contributed by atoms with Crippen LogP contribution in [0.5, 0.6) is 5.75 Å². The molecule has 1 saturated carbocycles. The molecule has 1 aliphatic carbocycles. The van der Waals surface area contributed by atoms with Crippen LogP contribution < -0.4 is 10.1 Å². The molecule has 2 heterocycles. The van der Waals surface area contributed by atoms with Gasteiger partial charge in [-0.05, 0) is 57.6 Å². The van der Waals surface area contributed by atoms with E-state index in [1.807, 2.05) is 38.3 Å². The van der Waals surface area contributed by atoms with Gasteiger partial charge in [0.25, 0.3) is 5.91 Å². The number of hydrogen-bond acceptors (Lipinski definition) is 6. The van der Waals surface area contributed by atoms with Crippen LogP contribution in [-0.2, 0) is 6.42 Å². The maximum Gasteiger partial charge on any atom is 0.287 e. The van der Waals surface area contributed by atoms with Crippen molar-refractivity contribution < 1.29 is 13.9 Å². The minimum absolute atomic E-state index is 0.186. The molecule has 0 bridgehead atoms. The van der Waals surface area contributed by atoms with Crippen LogP contribution in [0.2, 0.25) is 0 Å². The van der Waals surface area contributed by atoms with Crippen molar-refractivity contribution in [3.63, 3.8) is 0 Å². The molecule has 0 aliphatic heterocycles. The van der Waals surface area contributed by atoms with E-state index in [0.29, 0.717) is 30.5 Å². The van der Waals surface area contributed by atoms with Gasteiger partial charge in [-0.1, -0.05) is 24.6 Å². The van der Waals surface area contributed by atoms with E-state index in [1.165, 1.54) is 25.7 Å². The number of fused-ring (bicyclic) bond motifs is 1. The van der Waals surface area contributed by atoms with Crippen molar-refractivity contribution >= 4 is 28.6 Å². The largest absolute Gasteiger partial charge is 0.494 e. The molecular formula is C23H30N4O3S. The second kappa shape index (κ2) is 9.77. The second-order valence-corrected chi connectivity index (χ2v) is 8.69. The first-order valence-electron chi connectivity index (χ1n) is 11.0. The summed E-state index contributed by atoms with van der Waals surface area (Å²) in [4.78, 5) is 12.7. The highest BCUT2D eigenvalue weighted by atomic mass is 32.2. The first-order valence-corrected chi connectivity index (χ1v) is 12.3. The summed E-state index contributed by atoms with van der Waals surface area (Å²) in [6.45, 7) is 5.02. The van der Waals surface area contributed by atoms with Gasteiger partial charge in [0.1, 0.15) is 17.2 Å². The Balaban J connectivity index is 1.37. The van der Waals surface area contributed by atoms with Crippen LogP contribution in [0.1, 0.15) is 67.0 Å². The van der Waals surface area contributed by atoms with E-state index in [-0.39, 0.29) is 5.91 Å². The molecule has 3 aromatic rings. The molecule has 1 aliphatic rings. The Morgan fingerprint density at radius 1 is 1.32 bits per heavy atom. The zero-order chi connectivity index (χ0) is 21.8. The molecule has 0 unspecified atom stereocenters. The zero-order valence-electron chi connectivity index (χ0n) is 18.4. The number of carbonyl (C=O) groups excluding carboxylic acids is 1. The van der Waals surface area contributed by atoms with E-state index in [2.05, 4.69) is 20.1 Å². The van der Waals surface area contributed by atoms with Gasteiger partial charge in [-0.15, -0.1) is 10.2 Å². The van der Waals surface area contributed by atoms with E-state index in [1.54, 1.807) is 11.8 Å². The number of hydrogen-bond donors (Lipinski definition) is 1. The number of furan rings is 1. The quantitative estimate of drug-likeness (QED) is 0.374. The van der Waals surface area contributed by atoms with Gasteiger partial charge in [0, 0.05) is 30.0 Å². The Morgan fingerprint density at radius 3 is 2.87 bits per heavy atom. The highest BCUT2D eigenvalue weighted by Crippen LogP contribution is 2.33. The van der Waals surface area contributed by atoms with Crippen LogP contribution in [0.15, 0.2) is 27.8 Å². The molecule has 1 N–H and O–H groups in total. The lowest BCUT2D eigenvalue weighted by atomic mass is 10.1. The van der Waals surface area contributed by atoms with E-state index in [0.717, 1.165) is 40.5 Å². The number of benzene rings is 1. The zero-order valence-corrected chi connectivity index (χ0v) is 19.3. The Labute approximate surface area is 186 Å². The van der Waals surface area contributed by atoms with Gasteiger partial charge < -0.3 is 19.0 Å². The topological polar surface area (TPSA) is 82.2 Å². The summed E-state index contributed by atoms with van der Waals surface area (Å²) in [7, 11) is 0. The van der Waals surface area contributed by atoms with Crippen molar-refractivity contribution in [1.29, 1.82) is 0 Å². The third-order valence-electron chi connectivity index (χ3n) is 5.90. The number of carbonyl (C=O) groups is 1. The molecule has 7 nitrogen and oxygen atoms in total. The number of thioether (sulfide) groups is 1. The summed E-state index contributed by atoms with van der Waals surface area (Å²) in [5.41, 5.74) is 1.53. The number of aryl methyl sites for hydroxylation is 2. The van der Waals surface area contributed by atoms with Gasteiger partial charge >= 0.3 is 0 Å². The minimum atomic E-state index is -0.186. The predicted octanol–water partition coefficient (Wildman–Crippen LogP) is 4.93. The molecule has 0 saturated heterocycles. The summed E-state index contributed by atoms with van der Waals surface area (Å²) in [5, 5.41) is 13.7. The number of nitrogens with zero attached hydrogens (tertiary/aromatic N) is 3. The minimum Gasteiger partial charge on any atom is -0.494 e. The molecule has 2 aromatic heterocycles. The average molecular weight is 443 g/mol. The Kier molecular flexibility index (Phi) is 6.85. The van der Waals surface area contributed by atoms with Crippen LogP contribution in [0.4, 0.5) is 0 Å². The fraction of sp³-hybridized carbons (Fsp3) is 0.522. The maximum absolute atomic E-state index is 12.7. The fourth-order valence-electron chi connectivity index (χ4n) is 4.35. The van der Waals surface area contributed by atoms with E-state index >= 15 is 0 Å². The molecule has 8 heteroatoms. The van der Waals surface area contributed by atoms with Crippen LogP contribution in [-0.4, -0.2) is 40.1 Å².